The highest BCUT2D eigenvalue weighted by Gasteiger charge is 2.30. The number of nitrogens with zero attached hydrogens (tertiary/aromatic N) is 2. The van der Waals surface area contributed by atoms with Crippen molar-refractivity contribution in [3.63, 3.8) is 0 Å². The van der Waals surface area contributed by atoms with Crippen molar-refractivity contribution in [1.29, 1.82) is 0 Å². The maximum atomic E-state index is 12.6. The van der Waals surface area contributed by atoms with Gasteiger partial charge in [0.1, 0.15) is 0 Å². The monoisotopic (exact) mass is 266 g/mol. The number of aromatic nitrogens is 1. The summed E-state index contributed by atoms with van der Waals surface area (Å²) in [6.45, 7) is 0.590. The van der Waals surface area contributed by atoms with Gasteiger partial charge in [0.2, 0.25) is 5.91 Å². The summed E-state index contributed by atoms with van der Waals surface area (Å²) < 4.78 is 0. The molecule has 20 heavy (non-hydrogen) atoms. The number of pyridine rings is 1. The SMILES string of the molecule is O=C(C1CCC1)N(Cc1cccnc1)c1ccccc1. The number of rotatable bonds is 4. The van der Waals surface area contributed by atoms with Gasteiger partial charge in [-0.1, -0.05) is 30.7 Å². The van der Waals surface area contributed by atoms with Gasteiger partial charge in [-0.2, -0.15) is 0 Å². The van der Waals surface area contributed by atoms with Gasteiger partial charge in [-0.05, 0) is 36.6 Å². The van der Waals surface area contributed by atoms with Crippen LogP contribution in [0.15, 0.2) is 54.9 Å². The molecule has 1 aromatic heterocycles. The molecule has 0 N–H and O–H groups in total. The van der Waals surface area contributed by atoms with Crippen LogP contribution in [0.5, 0.6) is 0 Å². The summed E-state index contributed by atoms with van der Waals surface area (Å²) in [5, 5.41) is 0. The molecule has 0 bridgehead atoms. The summed E-state index contributed by atoms with van der Waals surface area (Å²) in [5.41, 5.74) is 2.03. The predicted octanol–water partition coefficient (Wildman–Crippen LogP) is 3.41. The lowest BCUT2D eigenvalue weighted by Crippen LogP contribution is -2.38. The maximum Gasteiger partial charge on any atom is 0.230 e. The van der Waals surface area contributed by atoms with Crippen LogP contribution in [0.1, 0.15) is 24.8 Å². The smallest absolute Gasteiger partial charge is 0.230 e. The lowest BCUT2D eigenvalue weighted by molar-refractivity contribution is -0.124. The molecule has 3 rings (SSSR count). The molecule has 1 amide bonds. The number of benzene rings is 1. The Morgan fingerprint density at radius 3 is 2.55 bits per heavy atom. The third-order valence-electron chi connectivity index (χ3n) is 3.85. The minimum absolute atomic E-state index is 0.201. The fraction of sp³-hybridized carbons (Fsp3) is 0.294. The summed E-state index contributed by atoms with van der Waals surface area (Å²) in [5.74, 6) is 0.443. The fourth-order valence-corrected chi connectivity index (χ4v) is 2.45. The normalized spacial score (nSPS) is 14.6. The predicted molar refractivity (Wildman–Crippen MR) is 79.2 cm³/mol. The molecule has 0 saturated heterocycles. The molecule has 0 spiro atoms. The number of anilines is 1. The van der Waals surface area contributed by atoms with Gasteiger partial charge in [0.15, 0.2) is 0 Å². The van der Waals surface area contributed by atoms with Crippen molar-refractivity contribution in [2.75, 3.05) is 4.90 Å². The van der Waals surface area contributed by atoms with Gasteiger partial charge in [-0.3, -0.25) is 9.78 Å². The average Bonchev–Trinajstić information content (AvgIpc) is 2.45. The van der Waals surface area contributed by atoms with E-state index in [1.54, 1.807) is 6.20 Å². The molecule has 1 aliphatic carbocycles. The summed E-state index contributed by atoms with van der Waals surface area (Å²) in [6.07, 6.45) is 6.80. The second kappa shape index (κ2) is 5.87. The molecule has 2 aromatic rings. The number of para-hydroxylation sites is 1. The molecule has 1 aromatic carbocycles. The first-order valence-electron chi connectivity index (χ1n) is 7.10. The Morgan fingerprint density at radius 2 is 1.95 bits per heavy atom. The second-order valence-electron chi connectivity index (χ2n) is 5.25. The molecule has 3 heteroatoms. The van der Waals surface area contributed by atoms with Crippen molar-refractivity contribution in [2.24, 2.45) is 5.92 Å². The van der Waals surface area contributed by atoms with Crippen LogP contribution in [-0.4, -0.2) is 10.9 Å². The standard InChI is InChI=1S/C17H18N2O/c20-17(15-7-4-8-15)19(16-9-2-1-3-10-16)13-14-6-5-11-18-12-14/h1-3,5-6,9-12,15H,4,7-8,13H2. The van der Waals surface area contributed by atoms with Crippen molar-refractivity contribution in [2.45, 2.75) is 25.8 Å². The molecule has 3 nitrogen and oxygen atoms in total. The van der Waals surface area contributed by atoms with Crippen LogP contribution >= 0.6 is 0 Å². The summed E-state index contributed by atoms with van der Waals surface area (Å²) in [6, 6.07) is 13.8. The fourth-order valence-electron chi connectivity index (χ4n) is 2.45. The third kappa shape index (κ3) is 2.72. The zero-order valence-electron chi connectivity index (χ0n) is 11.4. The van der Waals surface area contributed by atoms with E-state index >= 15 is 0 Å². The van der Waals surface area contributed by atoms with E-state index in [4.69, 9.17) is 0 Å². The lowest BCUT2D eigenvalue weighted by atomic mass is 9.84. The van der Waals surface area contributed by atoms with Crippen molar-refractivity contribution >= 4 is 11.6 Å². The first-order valence-corrected chi connectivity index (χ1v) is 7.10. The number of amides is 1. The van der Waals surface area contributed by atoms with Gasteiger partial charge in [-0.15, -0.1) is 0 Å². The largest absolute Gasteiger partial charge is 0.308 e. The van der Waals surface area contributed by atoms with E-state index in [1.165, 1.54) is 6.42 Å². The molecule has 0 aliphatic heterocycles. The minimum Gasteiger partial charge on any atom is -0.308 e. The highest BCUT2D eigenvalue weighted by Crippen LogP contribution is 2.30. The Balaban J connectivity index is 1.85. The Morgan fingerprint density at radius 1 is 1.15 bits per heavy atom. The lowest BCUT2D eigenvalue weighted by Gasteiger charge is -2.31. The van der Waals surface area contributed by atoms with Crippen molar-refractivity contribution in [3.8, 4) is 0 Å². The van der Waals surface area contributed by atoms with Crippen molar-refractivity contribution < 1.29 is 4.79 Å². The maximum absolute atomic E-state index is 12.6. The quantitative estimate of drug-likeness (QED) is 0.849. The van der Waals surface area contributed by atoms with E-state index in [9.17, 15) is 4.79 Å². The van der Waals surface area contributed by atoms with Crippen molar-refractivity contribution in [1.82, 2.24) is 4.98 Å². The van der Waals surface area contributed by atoms with Crippen LogP contribution in [0.25, 0.3) is 0 Å². The van der Waals surface area contributed by atoms with Gasteiger partial charge in [0.05, 0.1) is 6.54 Å². The van der Waals surface area contributed by atoms with E-state index in [2.05, 4.69) is 4.98 Å². The van der Waals surface area contributed by atoms with Gasteiger partial charge in [0.25, 0.3) is 0 Å². The molecule has 1 saturated carbocycles. The first kappa shape index (κ1) is 12.9. The Hall–Kier alpha value is -2.16. The summed E-state index contributed by atoms with van der Waals surface area (Å²) >= 11 is 0. The molecule has 1 aliphatic rings. The first-order chi connectivity index (χ1) is 9.84. The molecule has 0 atom stereocenters. The van der Waals surface area contributed by atoms with E-state index < -0.39 is 0 Å². The average molecular weight is 266 g/mol. The van der Waals surface area contributed by atoms with E-state index in [0.29, 0.717) is 6.54 Å². The van der Waals surface area contributed by atoms with Gasteiger partial charge in [0, 0.05) is 24.0 Å². The number of hydrogen-bond donors (Lipinski definition) is 0. The molecule has 102 valence electrons. The molecular formula is C17H18N2O. The second-order valence-corrected chi connectivity index (χ2v) is 5.25. The summed E-state index contributed by atoms with van der Waals surface area (Å²) in [7, 11) is 0. The van der Waals surface area contributed by atoms with Crippen LogP contribution in [0, 0.1) is 5.92 Å². The Bertz CT molecular complexity index is 564. The molecular weight excluding hydrogens is 248 g/mol. The number of carbonyl (C=O) groups excluding carboxylic acids is 1. The van der Waals surface area contributed by atoms with Crippen molar-refractivity contribution in [3.05, 3.63) is 60.4 Å². The third-order valence-corrected chi connectivity index (χ3v) is 3.85. The molecule has 0 radical (unpaired) electrons. The Kier molecular flexibility index (Phi) is 3.77. The van der Waals surface area contributed by atoms with E-state index in [-0.39, 0.29) is 11.8 Å². The van der Waals surface area contributed by atoms with Crippen LogP contribution < -0.4 is 4.90 Å². The topological polar surface area (TPSA) is 33.2 Å². The van der Waals surface area contributed by atoms with Gasteiger partial charge >= 0.3 is 0 Å². The molecule has 0 unspecified atom stereocenters. The minimum atomic E-state index is 0.201. The summed E-state index contributed by atoms with van der Waals surface area (Å²) in [4.78, 5) is 18.7. The Labute approximate surface area is 119 Å². The number of carbonyl (C=O) groups is 1. The zero-order valence-corrected chi connectivity index (χ0v) is 11.4. The number of hydrogen-bond acceptors (Lipinski definition) is 2. The molecule has 1 heterocycles. The van der Waals surface area contributed by atoms with Gasteiger partial charge in [-0.25, -0.2) is 0 Å². The molecule has 1 fully saturated rings. The highest BCUT2D eigenvalue weighted by atomic mass is 16.2. The highest BCUT2D eigenvalue weighted by molar-refractivity contribution is 5.95. The van der Waals surface area contributed by atoms with E-state index in [1.807, 2.05) is 53.6 Å². The van der Waals surface area contributed by atoms with Crippen LogP contribution in [0.4, 0.5) is 5.69 Å². The van der Waals surface area contributed by atoms with Crippen LogP contribution in [0.2, 0.25) is 0 Å². The van der Waals surface area contributed by atoms with Crippen LogP contribution in [-0.2, 0) is 11.3 Å². The van der Waals surface area contributed by atoms with E-state index in [0.717, 1.165) is 24.1 Å². The van der Waals surface area contributed by atoms with Gasteiger partial charge < -0.3 is 4.90 Å². The van der Waals surface area contributed by atoms with Crippen LogP contribution in [0.3, 0.4) is 0 Å². The zero-order chi connectivity index (χ0) is 13.8.